The molecule has 3 aromatic rings. The number of carbonyl (C=O) groups excluding carboxylic acids is 2. The molecular formula is C23H23NO4S. The van der Waals surface area contributed by atoms with Gasteiger partial charge < -0.3 is 14.0 Å². The number of nitrogens with zero attached hydrogens (tertiary/aromatic N) is 1. The van der Waals surface area contributed by atoms with Crippen LogP contribution in [-0.2, 0) is 16.1 Å². The van der Waals surface area contributed by atoms with E-state index in [2.05, 4.69) is 10.6 Å². The van der Waals surface area contributed by atoms with Crippen molar-refractivity contribution in [2.75, 3.05) is 13.7 Å². The van der Waals surface area contributed by atoms with Gasteiger partial charge in [0.25, 0.3) is 0 Å². The average molecular weight is 410 g/mol. The molecule has 150 valence electrons. The van der Waals surface area contributed by atoms with Crippen molar-refractivity contribution in [3.8, 4) is 5.75 Å². The molecule has 0 aliphatic heterocycles. The first-order valence-electron chi connectivity index (χ1n) is 9.19. The van der Waals surface area contributed by atoms with E-state index in [1.165, 1.54) is 11.0 Å². The highest BCUT2D eigenvalue weighted by atomic mass is 32.1. The van der Waals surface area contributed by atoms with Crippen LogP contribution in [-0.4, -0.2) is 30.0 Å². The van der Waals surface area contributed by atoms with Crippen LogP contribution in [0.5, 0.6) is 5.75 Å². The van der Waals surface area contributed by atoms with Gasteiger partial charge in [0.1, 0.15) is 5.75 Å². The van der Waals surface area contributed by atoms with Crippen LogP contribution in [0.1, 0.15) is 32.2 Å². The van der Waals surface area contributed by atoms with Gasteiger partial charge in [0.15, 0.2) is 6.61 Å². The lowest BCUT2D eigenvalue weighted by Crippen LogP contribution is -2.13. The van der Waals surface area contributed by atoms with Crippen molar-refractivity contribution in [1.29, 1.82) is 0 Å². The van der Waals surface area contributed by atoms with E-state index >= 15 is 0 Å². The largest absolute Gasteiger partial charge is 0.497 e. The molecular weight excluding hydrogens is 386 g/mol. The lowest BCUT2D eigenvalue weighted by atomic mass is 10.1. The number of rotatable bonds is 8. The second-order valence-electron chi connectivity index (χ2n) is 6.59. The Labute approximate surface area is 174 Å². The molecule has 6 heteroatoms. The van der Waals surface area contributed by atoms with E-state index in [-0.39, 0.29) is 12.4 Å². The van der Waals surface area contributed by atoms with Crippen LogP contribution in [0, 0.1) is 13.8 Å². The Morgan fingerprint density at radius 2 is 1.90 bits per heavy atom. The van der Waals surface area contributed by atoms with Crippen molar-refractivity contribution >= 4 is 29.2 Å². The Morgan fingerprint density at radius 1 is 1.14 bits per heavy atom. The topological polar surface area (TPSA) is 57.5 Å². The third-order valence-electron chi connectivity index (χ3n) is 4.64. The normalized spacial score (nSPS) is 11.0. The highest BCUT2D eigenvalue weighted by Gasteiger charge is 2.17. The van der Waals surface area contributed by atoms with Crippen LogP contribution < -0.4 is 4.74 Å². The van der Waals surface area contributed by atoms with Crippen molar-refractivity contribution in [2.45, 2.75) is 20.4 Å². The molecule has 0 saturated heterocycles. The Bertz CT molecular complexity index is 1010. The predicted molar refractivity (Wildman–Crippen MR) is 115 cm³/mol. The summed E-state index contributed by atoms with van der Waals surface area (Å²) in [6.45, 7) is 4.34. The number of ether oxygens (including phenoxy) is 2. The van der Waals surface area contributed by atoms with Crippen LogP contribution in [0.3, 0.4) is 0 Å². The molecule has 0 amide bonds. The molecule has 0 bridgehead atoms. The lowest BCUT2D eigenvalue weighted by Gasteiger charge is -2.08. The van der Waals surface area contributed by atoms with E-state index in [1.54, 1.807) is 36.7 Å². The number of esters is 1. The zero-order chi connectivity index (χ0) is 20.8. The van der Waals surface area contributed by atoms with Gasteiger partial charge in [-0.15, -0.1) is 11.3 Å². The summed E-state index contributed by atoms with van der Waals surface area (Å²) in [6, 6.07) is 13.2. The monoisotopic (exact) mass is 409 g/mol. The molecule has 0 saturated carbocycles. The number of Topliss-reactive ketones (excluding diaryl/α,β-unsaturated/α-hetero) is 1. The summed E-state index contributed by atoms with van der Waals surface area (Å²) in [4.78, 5) is 25.7. The summed E-state index contributed by atoms with van der Waals surface area (Å²) < 4.78 is 12.3. The summed E-state index contributed by atoms with van der Waals surface area (Å²) >= 11 is 1.68. The van der Waals surface area contributed by atoms with Crippen LogP contribution in [0.2, 0.25) is 0 Å². The fraction of sp³-hybridized carbons (Fsp3) is 0.217. The Kier molecular flexibility index (Phi) is 6.67. The van der Waals surface area contributed by atoms with Crippen LogP contribution in [0.4, 0.5) is 0 Å². The zero-order valence-electron chi connectivity index (χ0n) is 16.7. The summed E-state index contributed by atoms with van der Waals surface area (Å²) in [5.74, 6) is -0.0182. The second kappa shape index (κ2) is 9.39. The number of hydrogen-bond acceptors (Lipinski definition) is 5. The van der Waals surface area contributed by atoms with Gasteiger partial charge in [-0.25, -0.2) is 4.79 Å². The molecule has 0 unspecified atom stereocenters. The molecule has 29 heavy (non-hydrogen) atoms. The third-order valence-corrected chi connectivity index (χ3v) is 5.50. The molecule has 0 N–H and O–H groups in total. The van der Waals surface area contributed by atoms with Crippen LogP contribution in [0.15, 0.2) is 53.9 Å². The standard InChI is InChI=1S/C23H23NO4S/c1-16-13-21(17(2)24(16)14-20-5-4-12-29-20)22(25)15-28-23(26)11-8-18-6-9-19(27-3)10-7-18/h4-13H,14-15H2,1-3H3/b11-8+. The fourth-order valence-corrected chi connectivity index (χ4v) is 3.72. The summed E-state index contributed by atoms with van der Waals surface area (Å²) in [7, 11) is 1.60. The van der Waals surface area contributed by atoms with Gasteiger partial charge in [-0.3, -0.25) is 4.79 Å². The molecule has 2 aromatic heterocycles. The smallest absolute Gasteiger partial charge is 0.331 e. The highest BCUT2D eigenvalue weighted by Crippen LogP contribution is 2.20. The van der Waals surface area contributed by atoms with Gasteiger partial charge in [0.2, 0.25) is 5.78 Å². The number of thiophene rings is 1. The summed E-state index contributed by atoms with van der Waals surface area (Å²) in [5, 5.41) is 2.04. The molecule has 0 aliphatic rings. The third kappa shape index (κ3) is 5.23. The molecule has 5 nitrogen and oxygen atoms in total. The average Bonchev–Trinajstić information content (AvgIpc) is 3.34. The molecule has 0 aliphatic carbocycles. The van der Waals surface area contributed by atoms with Gasteiger partial charge in [-0.2, -0.15) is 0 Å². The number of ketones is 1. The van der Waals surface area contributed by atoms with Crippen molar-refractivity contribution in [3.63, 3.8) is 0 Å². The number of benzene rings is 1. The molecule has 0 spiro atoms. The first-order chi connectivity index (χ1) is 14.0. The number of hydrogen-bond donors (Lipinski definition) is 0. The number of carbonyl (C=O) groups is 2. The van der Waals surface area contributed by atoms with Crippen LogP contribution >= 0.6 is 11.3 Å². The molecule has 0 radical (unpaired) electrons. The quantitative estimate of drug-likeness (QED) is 0.308. The Hall–Kier alpha value is -3.12. The molecule has 1 aromatic carbocycles. The predicted octanol–water partition coefficient (Wildman–Crippen LogP) is 4.66. The van der Waals surface area contributed by atoms with Gasteiger partial charge in [0, 0.05) is 27.9 Å². The minimum Gasteiger partial charge on any atom is -0.497 e. The van der Waals surface area contributed by atoms with Crippen molar-refractivity contribution in [1.82, 2.24) is 4.57 Å². The maximum atomic E-state index is 12.6. The second-order valence-corrected chi connectivity index (χ2v) is 7.62. The van der Waals surface area contributed by atoms with Gasteiger partial charge in [-0.05, 0) is 55.1 Å². The first-order valence-corrected chi connectivity index (χ1v) is 10.1. The molecule has 0 atom stereocenters. The molecule has 0 fully saturated rings. The van der Waals surface area contributed by atoms with E-state index in [0.29, 0.717) is 5.56 Å². The van der Waals surface area contributed by atoms with Gasteiger partial charge in [-0.1, -0.05) is 18.2 Å². The van der Waals surface area contributed by atoms with E-state index in [1.807, 2.05) is 43.5 Å². The SMILES string of the molecule is COc1ccc(/C=C/C(=O)OCC(=O)c2cc(C)n(Cc3cccs3)c2C)cc1. The minimum atomic E-state index is -0.554. The summed E-state index contributed by atoms with van der Waals surface area (Å²) in [6.07, 6.45) is 2.95. The van der Waals surface area contributed by atoms with Crippen LogP contribution in [0.25, 0.3) is 6.08 Å². The molecule has 3 rings (SSSR count). The first kappa shape index (κ1) is 20.6. The van der Waals surface area contributed by atoms with E-state index in [9.17, 15) is 9.59 Å². The van der Waals surface area contributed by atoms with E-state index in [4.69, 9.17) is 9.47 Å². The fourth-order valence-electron chi connectivity index (χ4n) is 3.03. The Balaban J connectivity index is 1.58. The van der Waals surface area contributed by atoms with Crippen molar-refractivity contribution in [3.05, 3.63) is 81.3 Å². The maximum Gasteiger partial charge on any atom is 0.331 e. The molecule has 2 heterocycles. The van der Waals surface area contributed by atoms with Crippen molar-refractivity contribution < 1.29 is 19.1 Å². The summed E-state index contributed by atoms with van der Waals surface area (Å²) in [5.41, 5.74) is 3.31. The number of aryl methyl sites for hydroxylation is 1. The van der Waals surface area contributed by atoms with Crippen molar-refractivity contribution in [2.24, 2.45) is 0 Å². The lowest BCUT2D eigenvalue weighted by molar-refractivity contribution is -0.136. The number of aromatic nitrogens is 1. The zero-order valence-corrected chi connectivity index (χ0v) is 17.5. The number of methoxy groups -OCH3 is 1. The Morgan fingerprint density at radius 3 is 2.55 bits per heavy atom. The van der Waals surface area contributed by atoms with E-state index < -0.39 is 5.97 Å². The highest BCUT2D eigenvalue weighted by molar-refractivity contribution is 7.09. The van der Waals surface area contributed by atoms with Gasteiger partial charge >= 0.3 is 5.97 Å². The van der Waals surface area contributed by atoms with Gasteiger partial charge in [0.05, 0.1) is 13.7 Å². The van der Waals surface area contributed by atoms with E-state index in [0.717, 1.165) is 29.2 Å². The minimum absolute atomic E-state index is 0.207. The maximum absolute atomic E-state index is 12.6.